The number of likely N-dealkylation sites (N-methyl/N-ethyl adjacent to an activating group) is 1. The molecule has 4 fully saturated rings. The van der Waals surface area contributed by atoms with E-state index in [2.05, 4.69) is 39.4 Å². The topological polar surface area (TPSA) is 79.2 Å². The third-order valence-electron chi connectivity index (χ3n) is 8.77. The largest absolute Gasteiger partial charge is 0.351 e. The minimum Gasteiger partial charge on any atom is -0.351 e. The van der Waals surface area contributed by atoms with E-state index >= 15 is 0 Å². The van der Waals surface area contributed by atoms with Crippen LogP contribution in [0, 0.1) is 6.92 Å². The van der Waals surface area contributed by atoms with Gasteiger partial charge in [-0.05, 0) is 69.0 Å². The van der Waals surface area contributed by atoms with Crippen LogP contribution in [0.15, 0.2) is 55.0 Å². The Bertz CT molecular complexity index is 1560. The van der Waals surface area contributed by atoms with Crippen molar-refractivity contribution in [3.63, 3.8) is 0 Å². The molecule has 2 unspecified atom stereocenters. The van der Waals surface area contributed by atoms with Gasteiger partial charge in [-0.3, -0.25) is 14.4 Å². The van der Waals surface area contributed by atoms with E-state index in [1.807, 2.05) is 56.8 Å². The highest BCUT2D eigenvalue weighted by Crippen LogP contribution is 2.49. The highest BCUT2D eigenvalue weighted by molar-refractivity contribution is 5.98. The highest BCUT2D eigenvalue weighted by atomic mass is 16.1. The second kappa shape index (κ2) is 8.63. The summed E-state index contributed by atoms with van der Waals surface area (Å²) in [7, 11) is 4.12. The molecule has 1 amide bonds. The van der Waals surface area contributed by atoms with Gasteiger partial charge in [-0.15, -0.1) is 0 Å². The van der Waals surface area contributed by atoms with Gasteiger partial charge in [0.1, 0.15) is 5.82 Å². The van der Waals surface area contributed by atoms with Crippen LogP contribution in [0.3, 0.4) is 0 Å². The summed E-state index contributed by atoms with van der Waals surface area (Å²) in [6, 6.07) is 13.4. The lowest BCUT2D eigenvalue weighted by atomic mass is 9.91. The first kappa shape index (κ1) is 23.3. The van der Waals surface area contributed by atoms with E-state index in [9.17, 15) is 4.79 Å². The van der Waals surface area contributed by atoms with Crippen molar-refractivity contribution in [3.8, 4) is 11.3 Å². The minimum absolute atomic E-state index is 0.0354. The zero-order valence-corrected chi connectivity index (χ0v) is 22.2. The monoisotopic (exact) mass is 507 g/mol. The standard InChI is InChI=1S/C30H33N7O/c1-19-14-31-28(37-18-21-8-9-22(37)17-35(21)2)12-24(19)29(38)34-30(10-11-30)25-13-27(20-15-32-36(3)16-20)33-26-7-5-4-6-23(25)26/h4-7,12-16,21-22H,8-11,17-18H2,1-3H3,(H,34,38). The van der Waals surface area contributed by atoms with Gasteiger partial charge in [0.05, 0.1) is 22.9 Å². The summed E-state index contributed by atoms with van der Waals surface area (Å²) < 4.78 is 1.79. The second-order valence-corrected chi connectivity index (χ2v) is 11.3. The molecule has 194 valence electrons. The van der Waals surface area contributed by atoms with Crippen molar-refractivity contribution in [2.75, 3.05) is 25.0 Å². The molecule has 2 bridgehead atoms. The third kappa shape index (κ3) is 3.86. The number of amides is 1. The van der Waals surface area contributed by atoms with E-state index in [4.69, 9.17) is 9.97 Å². The van der Waals surface area contributed by atoms with Crippen LogP contribution < -0.4 is 10.2 Å². The van der Waals surface area contributed by atoms with Crippen molar-refractivity contribution < 1.29 is 4.79 Å². The third-order valence-corrected chi connectivity index (χ3v) is 8.77. The number of benzene rings is 1. The van der Waals surface area contributed by atoms with Crippen molar-refractivity contribution in [1.82, 2.24) is 30.0 Å². The van der Waals surface area contributed by atoms with Crippen molar-refractivity contribution in [2.24, 2.45) is 7.05 Å². The SMILES string of the molecule is Cc1cnc(N2CC3CCC2CN3C)cc1C(=O)NC1(c2cc(-c3cnn(C)c3)nc3ccccc23)CC1. The smallest absolute Gasteiger partial charge is 0.252 e. The maximum absolute atomic E-state index is 13.8. The molecule has 4 aromatic rings. The van der Waals surface area contributed by atoms with Gasteiger partial charge in [0.25, 0.3) is 5.91 Å². The number of piperazine rings is 1. The van der Waals surface area contributed by atoms with Crippen LogP contribution in [0.5, 0.6) is 0 Å². The predicted molar refractivity (Wildman–Crippen MR) is 148 cm³/mol. The molecule has 3 aliphatic heterocycles. The lowest BCUT2D eigenvalue weighted by molar-refractivity contribution is 0.0930. The van der Waals surface area contributed by atoms with Crippen LogP contribution >= 0.6 is 0 Å². The number of hydrogen-bond acceptors (Lipinski definition) is 6. The Balaban J connectivity index is 1.22. The lowest BCUT2D eigenvalue weighted by Crippen LogP contribution is -2.61. The van der Waals surface area contributed by atoms with Gasteiger partial charge >= 0.3 is 0 Å². The first-order valence-corrected chi connectivity index (χ1v) is 13.6. The second-order valence-electron chi connectivity index (χ2n) is 11.3. The molecule has 38 heavy (non-hydrogen) atoms. The van der Waals surface area contributed by atoms with Crippen LogP contribution in [0.25, 0.3) is 22.2 Å². The normalized spacial score (nSPS) is 22.1. The number of rotatable bonds is 5. The molecule has 8 rings (SSSR count). The molecule has 1 aliphatic carbocycles. The number of hydrogen-bond donors (Lipinski definition) is 1. The molecule has 3 aromatic heterocycles. The van der Waals surface area contributed by atoms with Gasteiger partial charge < -0.3 is 10.2 Å². The van der Waals surface area contributed by atoms with E-state index in [0.29, 0.717) is 17.6 Å². The fraction of sp³-hybridized carbons (Fsp3) is 0.400. The Morgan fingerprint density at radius 1 is 1.05 bits per heavy atom. The highest BCUT2D eigenvalue weighted by Gasteiger charge is 2.47. The average molecular weight is 508 g/mol. The maximum Gasteiger partial charge on any atom is 0.252 e. The summed E-state index contributed by atoms with van der Waals surface area (Å²) in [5, 5.41) is 8.87. The summed E-state index contributed by atoms with van der Waals surface area (Å²) in [4.78, 5) is 28.4. The molecule has 0 spiro atoms. The summed E-state index contributed by atoms with van der Waals surface area (Å²) in [6.45, 7) is 4.01. The summed E-state index contributed by atoms with van der Waals surface area (Å²) >= 11 is 0. The Hall–Kier alpha value is -3.78. The predicted octanol–water partition coefficient (Wildman–Crippen LogP) is 4.04. The lowest BCUT2D eigenvalue weighted by Gasteiger charge is -2.50. The van der Waals surface area contributed by atoms with Crippen LogP contribution in [-0.4, -0.2) is 62.8 Å². The quantitative estimate of drug-likeness (QED) is 0.439. The minimum atomic E-state index is -0.403. The van der Waals surface area contributed by atoms with Crippen LogP contribution in [0.4, 0.5) is 5.82 Å². The van der Waals surface area contributed by atoms with Gasteiger partial charge in [-0.1, -0.05) is 18.2 Å². The number of anilines is 1. The Labute approximate surface area is 222 Å². The van der Waals surface area contributed by atoms with E-state index in [1.165, 1.54) is 12.8 Å². The molecule has 1 N–H and O–H groups in total. The van der Waals surface area contributed by atoms with Gasteiger partial charge in [-0.25, -0.2) is 9.97 Å². The Kier molecular flexibility index (Phi) is 5.30. The first-order chi connectivity index (χ1) is 18.4. The number of carbonyl (C=O) groups is 1. The molecule has 6 heterocycles. The summed E-state index contributed by atoms with van der Waals surface area (Å²) in [5.41, 5.74) is 5.10. The summed E-state index contributed by atoms with van der Waals surface area (Å²) in [5.74, 6) is 0.883. The van der Waals surface area contributed by atoms with Crippen molar-refractivity contribution in [3.05, 3.63) is 71.7 Å². The van der Waals surface area contributed by atoms with Crippen LogP contribution in [0.1, 0.15) is 47.2 Å². The van der Waals surface area contributed by atoms with Gasteiger partial charge in [0.2, 0.25) is 0 Å². The van der Waals surface area contributed by atoms with Gasteiger partial charge in [-0.2, -0.15) is 5.10 Å². The fourth-order valence-corrected chi connectivity index (χ4v) is 6.38. The van der Waals surface area contributed by atoms with Crippen LogP contribution in [-0.2, 0) is 12.6 Å². The van der Waals surface area contributed by atoms with Crippen molar-refractivity contribution in [2.45, 2.75) is 50.2 Å². The number of carbonyl (C=O) groups excluding carboxylic acids is 1. The zero-order chi connectivity index (χ0) is 26.0. The first-order valence-electron chi connectivity index (χ1n) is 13.6. The number of para-hydroxylation sites is 1. The number of nitrogens with zero attached hydrogens (tertiary/aromatic N) is 6. The van der Waals surface area contributed by atoms with E-state index in [1.54, 1.807) is 4.68 Å². The fourth-order valence-electron chi connectivity index (χ4n) is 6.38. The molecular formula is C30H33N7O. The molecule has 3 saturated heterocycles. The Morgan fingerprint density at radius 3 is 2.58 bits per heavy atom. The van der Waals surface area contributed by atoms with E-state index in [0.717, 1.165) is 65.0 Å². The number of nitrogens with one attached hydrogen (secondary N) is 1. The molecule has 1 aromatic carbocycles. The molecule has 0 radical (unpaired) electrons. The molecular weight excluding hydrogens is 474 g/mol. The van der Waals surface area contributed by atoms with E-state index in [-0.39, 0.29) is 5.91 Å². The molecule has 8 heteroatoms. The molecule has 2 atom stereocenters. The maximum atomic E-state index is 13.8. The van der Waals surface area contributed by atoms with Crippen LogP contribution in [0.2, 0.25) is 0 Å². The average Bonchev–Trinajstić information content (AvgIpc) is 3.57. The van der Waals surface area contributed by atoms with Crippen molar-refractivity contribution in [1.29, 1.82) is 0 Å². The number of fused-ring (bicyclic) bond motifs is 4. The molecule has 1 saturated carbocycles. The summed E-state index contributed by atoms with van der Waals surface area (Å²) in [6.07, 6.45) is 9.90. The van der Waals surface area contributed by atoms with E-state index < -0.39 is 5.54 Å². The van der Waals surface area contributed by atoms with Crippen molar-refractivity contribution >= 4 is 22.6 Å². The zero-order valence-electron chi connectivity index (χ0n) is 22.2. The Morgan fingerprint density at radius 2 is 1.87 bits per heavy atom. The molecule has 8 nitrogen and oxygen atoms in total. The molecule has 4 aliphatic rings. The number of pyridine rings is 2. The van der Waals surface area contributed by atoms with Gasteiger partial charge in [0.15, 0.2) is 0 Å². The number of aryl methyl sites for hydroxylation is 2. The number of piperidine rings is 2. The number of aromatic nitrogens is 4. The van der Waals surface area contributed by atoms with Gasteiger partial charge in [0, 0.05) is 61.1 Å².